The number of carboxylic acid groups (broad SMARTS) is 1. The highest BCUT2D eigenvalue weighted by Gasteiger charge is 2.40. The first-order chi connectivity index (χ1) is 8.98. The molecule has 4 nitrogen and oxygen atoms in total. The van der Waals surface area contributed by atoms with Gasteiger partial charge in [-0.15, -0.1) is 0 Å². The molecule has 0 aromatic heterocycles. The Balaban J connectivity index is 2.11. The molecule has 0 atom stereocenters. The molecular formula is C15H22N2O2. The number of aryl methyl sites for hydroxylation is 2. The number of hydrogen-bond acceptors (Lipinski definition) is 3. The number of benzene rings is 1. The van der Waals surface area contributed by atoms with Crippen molar-refractivity contribution < 1.29 is 9.90 Å². The number of hydrogen-bond donors (Lipinski definition) is 2. The van der Waals surface area contributed by atoms with Gasteiger partial charge in [-0.2, -0.15) is 0 Å². The van der Waals surface area contributed by atoms with Crippen molar-refractivity contribution in [2.45, 2.75) is 32.2 Å². The number of aliphatic carboxylic acids is 1. The molecule has 104 valence electrons. The number of nitrogens with one attached hydrogen (secondary N) is 1. The molecule has 0 aliphatic carbocycles. The fraction of sp³-hybridized carbons (Fsp3) is 0.533. The minimum atomic E-state index is -0.754. The maximum atomic E-state index is 11.4. The molecule has 2 rings (SSSR count). The van der Waals surface area contributed by atoms with Crippen LogP contribution < -0.4 is 10.2 Å². The number of piperidine rings is 1. The zero-order chi connectivity index (χ0) is 14.0. The van der Waals surface area contributed by atoms with Crippen LogP contribution >= 0.6 is 0 Å². The lowest BCUT2D eigenvalue weighted by molar-refractivity contribution is -0.145. The van der Waals surface area contributed by atoms with Crippen LogP contribution in [0.25, 0.3) is 0 Å². The molecule has 0 amide bonds. The highest BCUT2D eigenvalue weighted by molar-refractivity contribution is 5.79. The van der Waals surface area contributed by atoms with E-state index in [1.165, 1.54) is 16.8 Å². The van der Waals surface area contributed by atoms with Crippen molar-refractivity contribution in [3.05, 3.63) is 29.3 Å². The first-order valence-electron chi connectivity index (χ1n) is 6.73. The number of nitrogens with zero attached hydrogens (tertiary/aromatic N) is 1. The van der Waals surface area contributed by atoms with E-state index in [1.807, 2.05) is 0 Å². The van der Waals surface area contributed by atoms with Crippen molar-refractivity contribution in [3.8, 4) is 0 Å². The van der Waals surface area contributed by atoms with Crippen LogP contribution in [0.1, 0.15) is 24.0 Å². The second kappa shape index (κ2) is 5.21. The average molecular weight is 262 g/mol. The molecule has 1 aliphatic heterocycles. The predicted octanol–water partition coefficient (Wildman–Crippen LogP) is 1.95. The van der Waals surface area contributed by atoms with E-state index in [-0.39, 0.29) is 0 Å². The summed E-state index contributed by atoms with van der Waals surface area (Å²) in [6, 6.07) is 6.43. The van der Waals surface area contributed by atoms with Gasteiger partial charge in [0.05, 0.1) is 0 Å². The SMILES string of the molecule is CNC1(C(=O)O)CCN(c2ccc(C)c(C)c2)CC1. The zero-order valence-electron chi connectivity index (χ0n) is 11.9. The lowest BCUT2D eigenvalue weighted by atomic mass is 9.87. The van der Waals surface area contributed by atoms with Gasteiger partial charge in [0.2, 0.25) is 0 Å². The molecule has 1 fully saturated rings. The molecule has 0 saturated carbocycles. The van der Waals surface area contributed by atoms with Gasteiger partial charge in [-0.1, -0.05) is 6.07 Å². The average Bonchev–Trinajstić information content (AvgIpc) is 2.42. The van der Waals surface area contributed by atoms with E-state index in [1.54, 1.807) is 7.05 Å². The number of anilines is 1. The summed E-state index contributed by atoms with van der Waals surface area (Å²) in [4.78, 5) is 13.6. The van der Waals surface area contributed by atoms with Gasteiger partial charge in [0.15, 0.2) is 0 Å². The van der Waals surface area contributed by atoms with Crippen LogP contribution in [0.5, 0.6) is 0 Å². The lowest BCUT2D eigenvalue weighted by Gasteiger charge is -2.39. The third-order valence-corrected chi connectivity index (χ3v) is 4.36. The summed E-state index contributed by atoms with van der Waals surface area (Å²) in [6.45, 7) is 5.76. The number of carbonyl (C=O) groups is 1. The van der Waals surface area contributed by atoms with Crippen molar-refractivity contribution in [1.29, 1.82) is 0 Å². The Labute approximate surface area is 114 Å². The summed E-state index contributed by atoms with van der Waals surface area (Å²) >= 11 is 0. The molecule has 0 radical (unpaired) electrons. The van der Waals surface area contributed by atoms with Crippen molar-refractivity contribution in [3.63, 3.8) is 0 Å². The molecule has 1 aromatic rings. The number of carboxylic acids is 1. The number of rotatable bonds is 3. The molecule has 1 heterocycles. The van der Waals surface area contributed by atoms with Gasteiger partial charge in [0.1, 0.15) is 5.54 Å². The second-order valence-corrected chi connectivity index (χ2v) is 5.39. The smallest absolute Gasteiger partial charge is 0.324 e. The molecular weight excluding hydrogens is 240 g/mol. The summed E-state index contributed by atoms with van der Waals surface area (Å²) in [7, 11) is 1.74. The Morgan fingerprint density at radius 2 is 1.89 bits per heavy atom. The van der Waals surface area contributed by atoms with Crippen molar-refractivity contribution in [2.24, 2.45) is 0 Å². The Kier molecular flexibility index (Phi) is 3.80. The molecule has 1 aliphatic rings. The standard InChI is InChI=1S/C15H22N2O2/c1-11-4-5-13(10-12(11)2)17-8-6-15(16-3,7-9-17)14(18)19/h4-5,10,16H,6-9H2,1-3H3,(H,18,19). The predicted molar refractivity (Wildman–Crippen MR) is 76.8 cm³/mol. The monoisotopic (exact) mass is 262 g/mol. The van der Waals surface area contributed by atoms with Crippen LogP contribution in [-0.4, -0.2) is 36.8 Å². The van der Waals surface area contributed by atoms with Gasteiger partial charge in [0, 0.05) is 18.8 Å². The summed E-state index contributed by atoms with van der Waals surface area (Å²) in [5.41, 5.74) is 3.01. The molecule has 1 saturated heterocycles. The largest absolute Gasteiger partial charge is 0.480 e. The van der Waals surface area contributed by atoms with Gasteiger partial charge in [-0.25, -0.2) is 0 Å². The minimum absolute atomic E-state index is 0.631. The topological polar surface area (TPSA) is 52.6 Å². The summed E-state index contributed by atoms with van der Waals surface area (Å²) in [5.74, 6) is -0.741. The quantitative estimate of drug-likeness (QED) is 0.874. The Morgan fingerprint density at radius 1 is 1.26 bits per heavy atom. The van der Waals surface area contributed by atoms with E-state index >= 15 is 0 Å². The third-order valence-electron chi connectivity index (χ3n) is 4.36. The molecule has 0 unspecified atom stereocenters. The molecule has 19 heavy (non-hydrogen) atoms. The van der Waals surface area contributed by atoms with Crippen molar-refractivity contribution in [1.82, 2.24) is 5.32 Å². The van der Waals surface area contributed by atoms with E-state index < -0.39 is 11.5 Å². The first-order valence-corrected chi connectivity index (χ1v) is 6.73. The Hall–Kier alpha value is -1.55. The van der Waals surface area contributed by atoms with Crippen LogP contribution in [0.4, 0.5) is 5.69 Å². The fourth-order valence-electron chi connectivity index (χ4n) is 2.64. The van der Waals surface area contributed by atoms with Crippen LogP contribution in [-0.2, 0) is 4.79 Å². The fourth-order valence-corrected chi connectivity index (χ4v) is 2.64. The van der Waals surface area contributed by atoms with E-state index in [2.05, 4.69) is 42.3 Å². The zero-order valence-corrected chi connectivity index (χ0v) is 11.9. The van der Waals surface area contributed by atoms with Gasteiger partial charge in [-0.05, 0) is 57.0 Å². The Bertz CT molecular complexity index is 477. The second-order valence-electron chi connectivity index (χ2n) is 5.39. The van der Waals surface area contributed by atoms with Crippen LogP contribution in [0, 0.1) is 13.8 Å². The van der Waals surface area contributed by atoms with Crippen molar-refractivity contribution in [2.75, 3.05) is 25.0 Å². The summed E-state index contributed by atoms with van der Waals surface area (Å²) in [5, 5.41) is 12.3. The lowest BCUT2D eigenvalue weighted by Crippen LogP contribution is -2.57. The summed E-state index contributed by atoms with van der Waals surface area (Å²) < 4.78 is 0. The van der Waals surface area contributed by atoms with E-state index in [0.29, 0.717) is 12.8 Å². The highest BCUT2D eigenvalue weighted by atomic mass is 16.4. The molecule has 4 heteroatoms. The maximum Gasteiger partial charge on any atom is 0.324 e. The molecule has 2 N–H and O–H groups in total. The number of likely N-dealkylation sites (N-methyl/N-ethyl adjacent to an activating group) is 1. The van der Waals surface area contributed by atoms with Gasteiger partial charge >= 0.3 is 5.97 Å². The van der Waals surface area contributed by atoms with Gasteiger partial charge < -0.3 is 15.3 Å². The van der Waals surface area contributed by atoms with Crippen molar-refractivity contribution >= 4 is 11.7 Å². The van der Waals surface area contributed by atoms with Crippen LogP contribution in [0.2, 0.25) is 0 Å². The molecule has 1 aromatic carbocycles. The first kappa shape index (κ1) is 13.9. The maximum absolute atomic E-state index is 11.4. The van der Waals surface area contributed by atoms with E-state index in [9.17, 15) is 9.90 Å². The molecule has 0 spiro atoms. The van der Waals surface area contributed by atoms with E-state index in [4.69, 9.17) is 0 Å². The van der Waals surface area contributed by atoms with Gasteiger partial charge in [0.25, 0.3) is 0 Å². The summed E-state index contributed by atoms with van der Waals surface area (Å²) in [6.07, 6.45) is 1.26. The van der Waals surface area contributed by atoms with Crippen LogP contribution in [0.3, 0.4) is 0 Å². The minimum Gasteiger partial charge on any atom is -0.480 e. The van der Waals surface area contributed by atoms with Crippen LogP contribution in [0.15, 0.2) is 18.2 Å². The Morgan fingerprint density at radius 3 is 2.37 bits per heavy atom. The van der Waals surface area contributed by atoms with E-state index in [0.717, 1.165) is 13.1 Å². The normalized spacial score (nSPS) is 18.4. The van der Waals surface area contributed by atoms with Gasteiger partial charge in [-0.3, -0.25) is 4.79 Å². The molecule has 0 bridgehead atoms. The highest BCUT2D eigenvalue weighted by Crippen LogP contribution is 2.27. The third kappa shape index (κ3) is 2.59.